The molecule has 48 heavy (non-hydrogen) atoms. The second kappa shape index (κ2) is 14.4. The van der Waals surface area contributed by atoms with E-state index in [1.807, 2.05) is 32.1 Å². The molecular weight excluding hydrogens is 642 g/mol. The zero-order chi connectivity index (χ0) is 34.8. The van der Waals surface area contributed by atoms with Crippen molar-refractivity contribution < 1.29 is 38.3 Å². The molecule has 14 heteroatoms. The molecule has 2 saturated heterocycles. The molecule has 0 radical (unpaired) electrons. The third-order valence-corrected chi connectivity index (χ3v) is 9.49. The molecule has 3 heterocycles. The van der Waals surface area contributed by atoms with Crippen LogP contribution < -0.4 is 21.4 Å². The Morgan fingerprint density at radius 3 is 2.52 bits per heavy atom. The molecule has 3 aliphatic heterocycles. The second-order valence-electron chi connectivity index (χ2n) is 14.3. The molecule has 4 amide bonds. The summed E-state index contributed by atoms with van der Waals surface area (Å²) in [5.74, 6) is -2.58. The number of benzene rings is 1. The van der Waals surface area contributed by atoms with Crippen molar-refractivity contribution in [3.8, 4) is 0 Å². The van der Waals surface area contributed by atoms with Gasteiger partial charge < -0.3 is 30.3 Å². The van der Waals surface area contributed by atoms with Gasteiger partial charge in [-0.2, -0.15) is 0 Å². The molecule has 1 aromatic carbocycles. The Hall–Kier alpha value is -3.68. The summed E-state index contributed by atoms with van der Waals surface area (Å²) < 4.78 is 10.8. The number of aryl methyl sites for hydroxylation is 1. The molecule has 4 aliphatic rings. The number of Topliss-reactive ketones (excluding diaryl/α,β-unsaturated/α-hetero) is 1. The number of hydroxylamine groups is 1. The number of carbonyl (C=O) groups excluding carboxylic acids is 5. The van der Waals surface area contributed by atoms with E-state index in [0.29, 0.717) is 30.2 Å². The topological polar surface area (TPSA) is 164 Å². The molecule has 0 unspecified atom stereocenters. The highest BCUT2D eigenvalue weighted by molar-refractivity contribution is 6.38. The van der Waals surface area contributed by atoms with Crippen LogP contribution >= 0.6 is 11.6 Å². The lowest BCUT2D eigenvalue weighted by molar-refractivity contribution is -0.144. The van der Waals surface area contributed by atoms with Crippen molar-refractivity contribution in [2.45, 2.75) is 109 Å². The zero-order valence-electron chi connectivity index (χ0n) is 28.2. The van der Waals surface area contributed by atoms with Gasteiger partial charge in [0, 0.05) is 29.5 Å². The fraction of sp³-hybridized carbons (Fsp3) is 0.618. The average Bonchev–Trinajstić information content (AvgIpc) is 3.38. The maximum atomic E-state index is 14.4. The van der Waals surface area contributed by atoms with Crippen molar-refractivity contribution in [1.82, 2.24) is 26.3 Å². The summed E-state index contributed by atoms with van der Waals surface area (Å²) in [7, 11) is 0. The zero-order valence-corrected chi connectivity index (χ0v) is 28.9. The van der Waals surface area contributed by atoms with E-state index >= 15 is 0 Å². The van der Waals surface area contributed by atoms with E-state index in [2.05, 4.69) is 21.4 Å². The number of hydrogen-bond donors (Lipinski definition) is 4. The molecule has 3 fully saturated rings. The van der Waals surface area contributed by atoms with Crippen LogP contribution in [-0.4, -0.2) is 90.1 Å². The number of nitrogens with one attached hydrogen (secondary N) is 4. The van der Waals surface area contributed by atoms with Crippen molar-refractivity contribution in [2.75, 3.05) is 19.8 Å². The van der Waals surface area contributed by atoms with Crippen LogP contribution in [-0.2, 0) is 33.5 Å². The fourth-order valence-corrected chi connectivity index (χ4v) is 6.29. The molecule has 1 spiro atoms. The largest absolute Gasteiger partial charge is 0.444 e. The molecule has 1 aliphatic carbocycles. The van der Waals surface area contributed by atoms with Crippen LogP contribution in [0.15, 0.2) is 24.3 Å². The minimum absolute atomic E-state index is 0.0191. The van der Waals surface area contributed by atoms with Gasteiger partial charge in [-0.3, -0.25) is 29.5 Å². The van der Waals surface area contributed by atoms with Crippen LogP contribution in [0.25, 0.3) is 5.70 Å². The maximum Gasteiger partial charge on any atom is 0.408 e. The van der Waals surface area contributed by atoms with Crippen molar-refractivity contribution in [2.24, 2.45) is 5.41 Å². The van der Waals surface area contributed by atoms with Crippen molar-refractivity contribution in [3.63, 3.8) is 0 Å². The van der Waals surface area contributed by atoms with Gasteiger partial charge in [-0.15, -0.1) is 0 Å². The molecule has 5 atom stereocenters. The lowest BCUT2D eigenvalue weighted by Gasteiger charge is -2.35. The molecule has 5 rings (SSSR count). The number of ketones is 1. The first-order valence-corrected chi connectivity index (χ1v) is 17.0. The molecule has 1 saturated carbocycles. The summed E-state index contributed by atoms with van der Waals surface area (Å²) in [6, 6.07) is 2.27. The second-order valence-corrected chi connectivity index (χ2v) is 14.7. The fourth-order valence-electron chi connectivity index (χ4n) is 6.17. The summed E-state index contributed by atoms with van der Waals surface area (Å²) in [6.07, 6.45) is 3.68. The van der Waals surface area contributed by atoms with Crippen LogP contribution in [0.3, 0.4) is 0 Å². The first-order valence-electron chi connectivity index (χ1n) is 16.6. The predicted octanol–water partition coefficient (Wildman–Crippen LogP) is 2.93. The van der Waals surface area contributed by atoms with Crippen LogP contribution in [0.1, 0.15) is 77.3 Å². The average molecular weight is 688 g/mol. The standard InChI is InChI=1S/C34H46ClN5O8/c1-6-7-24(27(41)30(43)36-21-9-10-21)37-29(42)26-16-34(15-25(39-48-34)20-8-11-23(35)19(2)14-20)18-40(26)31(44)28(33(3,4)5)38-32(45)47-22-12-13-46-17-22/h8,11,14-15,21-22,24,26,28,39H,6-7,9-10,12-13,16-18H2,1-5H3,(H,36,43)(H,37,42)(H,38,45)/t22-,24-,26-,28+,34+/m0/s1. The number of carbonyl (C=O) groups is 5. The summed E-state index contributed by atoms with van der Waals surface area (Å²) >= 11 is 6.25. The minimum Gasteiger partial charge on any atom is -0.444 e. The molecule has 4 N–H and O–H groups in total. The number of nitrogens with zero attached hydrogens (tertiary/aromatic N) is 1. The summed E-state index contributed by atoms with van der Waals surface area (Å²) in [6.45, 7) is 9.88. The molecule has 1 aromatic rings. The number of hydrogen-bond acceptors (Lipinski definition) is 9. The van der Waals surface area contributed by atoms with Crippen LogP contribution in [0.2, 0.25) is 5.02 Å². The predicted molar refractivity (Wildman–Crippen MR) is 176 cm³/mol. The van der Waals surface area contributed by atoms with Gasteiger partial charge in [0.1, 0.15) is 23.8 Å². The highest BCUT2D eigenvalue weighted by atomic mass is 35.5. The van der Waals surface area contributed by atoms with Gasteiger partial charge in [-0.1, -0.05) is 51.8 Å². The third-order valence-electron chi connectivity index (χ3n) is 9.06. The van der Waals surface area contributed by atoms with Gasteiger partial charge in [0.05, 0.1) is 31.5 Å². The van der Waals surface area contributed by atoms with Gasteiger partial charge in [0.25, 0.3) is 5.91 Å². The molecular formula is C34H46ClN5O8. The van der Waals surface area contributed by atoms with E-state index in [1.54, 1.807) is 26.8 Å². The Labute approximate surface area is 285 Å². The Kier molecular flexibility index (Phi) is 10.7. The number of rotatable bonds is 11. The van der Waals surface area contributed by atoms with E-state index in [4.69, 9.17) is 25.9 Å². The Morgan fingerprint density at radius 2 is 1.90 bits per heavy atom. The van der Waals surface area contributed by atoms with Crippen molar-refractivity contribution in [3.05, 3.63) is 40.4 Å². The number of alkyl carbamates (subject to hydrolysis) is 1. The SMILES string of the molecule is CCC[C@H](NC(=O)[C@@H]1C[C@]2(C=C(c3ccc(Cl)c(C)c3)NO2)CN1C(=O)[C@@H](NC(=O)O[C@H]1CCOC1)C(C)(C)C)C(=O)C(=O)NC1CC1. The van der Waals surface area contributed by atoms with Crippen molar-refractivity contribution in [1.29, 1.82) is 0 Å². The van der Waals surface area contributed by atoms with E-state index in [-0.39, 0.29) is 32.0 Å². The monoisotopic (exact) mass is 687 g/mol. The van der Waals surface area contributed by atoms with Gasteiger partial charge in [0.15, 0.2) is 0 Å². The highest BCUT2D eigenvalue weighted by Crippen LogP contribution is 2.39. The summed E-state index contributed by atoms with van der Waals surface area (Å²) in [5, 5.41) is 8.81. The van der Waals surface area contributed by atoms with Crippen molar-refractivity contribution >= 4 is 46.9 Å². The number of halogens is 1. The highest BCUT2D eigenvalue weighted by Gasteiger charge is 2.54. The smallest absolute Gasteiger partial charge is 0.408 e. The van der Waals surface area contributed by atoms with Gasteiger partial charge in [-0.05, 0) is 55.4 Å². The minimum atomic E-state index is -1.11. The normalized spacial score (nSPS) is 24.8. The van der Waals surface area contributed by atoms with E-state index in [9.17, 15) is 24.0 Å². The Morgan fingerprint density at radius 1 is 1.15 bits per heavy atom. The first-order chi connectivity index (χ1) is 22.7. The first kappa shape index (κ1) is 35.6. The summed E-state index contributed by atoms with van der Waals surface area (Å²) in [5.41, 5.74) is 3.39. The molecule has 0 aromatic heterocycles. The third kappa shape index (κ3) is 8.30. The maximum absolute atomic E-state index is 14.4. The van der Waals surface area contributed by atoms with Crippen LogP contribution in [0, 0.1) is 12.3 Å². The molecule has 0 bridgehead atoms. The lowest BCUT2D eigenvalue weighted by atomic mass is 9.85. The van der Waals surface area contributed by atoms with E-state index < -0.39 is 64.8 Å². The Balaban J connectivity index is 1.42. The number of ether oxygens (including phenoxy) is 2. The number of likely N-dealkylation sites (tertiary alicyclic amines) is 1. The Bertz CT molecular complexity index is 1470. The number of amides is 4. The van der Waals surface area contributed by atoms with Gasteiger partial charge in [-0.25, -0.2) is 4.79 Å². The summed E-state index contributed by atoms with van der Waals surface area (Å²) in [4.78, 5) is 74.8. The van der Waals surface area contributed by atoms with E-state index in [1.165, 1.54) is 4.90 Å². The molecule has 13 nitrogen and oxygen atoms in total. The van der Waals surface area contributed by atoms with Gasteiger partial charge >= 0.3 is 6.09 Å². The quantitative estimate of drug-likeness (QED) is 0.256. The van der Waals surface area contributed by atoms with Crippen LogP contribution in [0.4, 0.5) is 4.79 Å². The van der Waals surface area contributed by atoms with Gasteiger partial charge in [0.2, 0.25) is 17.6 Å². The molecule has 262 valence electrons. The lowest BCUT2D eigenvalue weighted by Crippen LogP contribution is -2.59. The van der Waals surface area contributed by atoms with Crippen LogP contribution in [0.5, 0.6) is 0 Å². The van der Waals surface area contributed by atoms with E-state index in [0.717, 1.165) is 24.0 Å².